The van der Waals surface area contributed by atoms with Crippen molar-refractivity contribution in [3.63, 3.8) is 0 Å². The molecule has 1 aromatic heterocycles. The number of aliphatic hydroxyl groups is 4. The molecule has 0 radical (unpaired) electrons. The smallest absolute Gasteiger partial charge is 0.446 e. The van der Waals surface area contributed by atoms with Gasteiger partial charge in [-0.25, -0.2) is 0 Å². The minimum atomic E-state index is -5.19. The zero-order valence-electron chi connectivity index (χ0n) is 18.3. The summed E-state index contributed by atoms with van der Waals surface area (Å²) < 4.78 is 52.5. The lowest BCUT2D eigenvalue weighted by Gasteiger charge is -2.20. The van der Waals surface area contributed by atoms with Crippen LogP contribution in [-0.2, 0) is 15.1 Å². The van der Waals surface area contributed by atoms with Crippen LogP contribution in [0.1, 0.15) is 0 Å². The van der Waals surface area contributed by atoms with Crippen LogP contribution in [0.15, 0.2) is 39.5 Å². The van der Waals surface area contributed by atoms with E-state index < -0.39 is 98.6 Å². The third-order valence-electron chi connectivity index (χ3n) is 5.39. The summed E-state index contributed by atoms with van der Waals surface area (Å²) in [6.07, 6.45) is -8.65. The Morgan fingerprint density at radius 2 is 1.73 bits per heavy atom. The number of hydrogen-bond acceptors (Lipinski definition) is 14. The molecule has 0 amide bonds. The molecule has 2 aromatic carbocycles. The van der Waals surface area contributed by atoms with Crippen LogP contribution in [0.25, 0.3) is 22.3 Å². The third-order valence-corrected chi connectivity index (χ3v) is 5.78. The number of benzene rings is 2. The number of fused-ring (bicyclic) bond motifs is 1. The van der Waals surface area contributed by atoms with Crippen molar-refractivity contribution in [1.82, 2.24) is 0 Å². The van der Waals surface area contributed by atoms with Gasteiger partial charge in [-0.05, 0) is 18.2 Å². The van der Waals surface area contributed by atoms with Crippen molar-refractivity contribution >= 4 is 21.4 Å². The molecule has 0 saturated carbocycles. The largest absolute Gasteiger partial charge is 0.508 e. The Kier molecular flexibility index (Phi) is 6.91. The van der Waals surface area contributed by atoms with Gasteiger partial charge in [-0.1, -0.05) is 0 Å². The summed E-state index contributed by atoms with van der Waals surface area (Å²) in [6, 6.07) is 4.76. The maximum atomic E-state index is 13.5. The second kappa shape index (κ2) is 9.67. The van der Waals surface area contributed by atoms with Gasteiger partial charge in [-0.2, -0.15) is 8.42 Å². The molecule has 37 heavy (non-hydrogen) atoms. The van der Waals surface area contributed by atoms with Gasteiger partial charge in [0.2, 0.25) is 17.5 Å². The summed E-state index contributed by atoms with van der Waals surface area (Å²) in [7, 11) is -5.19. The van der Waals surface area contributed by atoms with E-state index in [1.54, 1.807) is 0 Å². The fraction of sp³-hybridized carbons (Fsp3) is 0.286. The molecule has 16 heteroatoms. The SMILES string of the molecule is O=c1c(O[C@@H]2O[C@H](C(O)CO)[C@H](O)[C@H]2O)c(-c2ccc(O)c(O)c2)oc2cc(O)cc(OS(=O)(=O)O)c12. The normalized spacial score (nSPS) is 22.7. The van der Waals surface area contributed by atoms with Gasteiger partial charge < -0.3 is 53.8 Å². The first-order valence-electron chi connectivity index (χ1n) is 10.3. The second-order valence-electron chi connectivity index (χ2n) is 7.94. The van der Waals surface area contributed by atoms with Crippen LogP contribution in [0.5, 0.6) is 28.7 Å². The molecule has 5 atom stereocenters. The average molecular weight is 544 g/mol. The van der Waals surface area contributed by atoms with Gasteiger partial charge in [0.15, 0.2) is 23.0 Å². The minimum Gasteiger partial charge on any atom is -0.508 e. The summed E-state index contributed by atoms with van der Waals surface area (Å²) in [4.78, 5) is 13.5. The molecule has 0 aliphatic carbocycles. The van der Waals surface area contributed by atoms with Crippen molar-refractivity contribution in [3.8, 4) is 40.1 Å². The monoisotopic (exact) mass is 544 g/mol. The Morgan fingerprint density at radius 1 is 1.03 bits per heavy atom. The highest BCUT2D eigenvalue weighted by atomic mass is 32.3. The zero-order chi connectivity index (χ0) is 27.2. The van der Waals surface area contributed by atoms with Crippen LogP contribution in [0.3, 0.4) is 0 Å². The van der Waals surface area contributed by atoms with Gasteiger partial charge in [-0.15, -0.1) is 0 Å². The molecule has 1 aliphatic heterocycles. The lowest BCUT2D eigenvalue weighted by Crippen LogP contribution is -2.40. The summed E-state index contributed by atoms with van der Waals surface area (Å²) in [5, 5.41) is 68.4. The second-order valence-corrected chi connectivity index (χ2v) is 8.96. The van der Waals surface area contributed by atoms with Crippen LogP contribution in [0.2, 0.25) is 0 Å². The third kappa shape index (κ3) is 5.12. The minimum absolute atomic E-state index is 0.0927. The van der Waals surface area contributed by atoms with E-state index in [-0.39, 0.29) is 5.56 Å². The first kappa shape index (κ1) is 26.4. The molecule has 3 aromatic rings. The van der Waals surface area contributed by atoms with Crippen LogP contribution in [0, 0.1) is 0 Å². The maximum Gasteiger partial charge on any atom is 0.446 e. The molecule has 0 bridgehead atoms. The summed E-state index contributed by atoms with van der Waals surface area (Å²) >= 11 is 0. The Hall–Kier alpha value is -3.64. The quantitative estimate of drug-likeness (QED) is 0.130. The van der Waals surface area contributed by atoms with Gasteiger partial charge in [0.1, 0.15) is 41.1 Å². The highest BCUT2D eigenvalue weighted by Crippen LogP contribution is 2.40. The number of aromatic hydroxyl groups is 3. The van der Waals surface area contributed by atoms with E-state index in [1.807, 2.05) is 0 Å². The Morgan fingerprint density at radius 3 is 2.35 bits per heavy atom. The van der Waals surface area contributed by atoms with Crippen LogP contribution in [0.4, 0.5) is 0 Å². The van der Waals surface area contributed by atoms with Crippen LogP contribution < -0.4 is 14.3 Å². The van der Waals surface area contributed by atoms with Crippen molar-refractivity contribution in [3.05, 3.63) is 40.6 Å². The van der Waals surface area contributed by atoms with E-state index in [0.717, 1.165) is 18.2 Å². The van der Waals surface area contributed by atoms with E-state index in [0.29, 0.717) is 6.07 Å². The van der Waals surface area contributed by atoms with E-state index in [9.17, 15) is 43.9 Å². The van der Waals surface area contributed by atoms with Crippen molar-refractivity contribution in [2.75, 3.05) is 6.61 Å². The Balaban J connectivity index is 1.94. The topological polar surface area (TPSA) is 254 Å². The van der Waals surface area contributed by atoms with Crippen molar-refractivity contribution in [2.45, 2.75) is 30.7 Å². The molecular formula is C21H20O15S. The van der Waals surface area contributed by atoms with Gasteiger partial charge in [0, 0.05) is 17.7 Å². The standard InChI is InChI=1S/C21H20O15S/c22-6-11(26)19-16(28)17(29)21(34-19)35-20-15(27)14-12(4-8(23)5-13(14)36-37(30,31)32)33-18(20)7-1-2-9(24)10(25)3-7/h1-5,11,16-17,19,21-26,28-29H,6H2,(H,30,31,32)/t11?,16-,17-,19-,21+/m1/s1. The number of phenols is 3. The van der Waals surface area contributed by atoms with Gasteiger partial charge in [0.05, 0.1) is 6.61 Å². The van der Waals surface area contributed by atoms with Gasteiger partial charge >= 0.3 is 10.4 Å². The number of aliphatic hydroxyl groups excluding tert-OH is 4. The lowest BCUT2D eigenvalue weighted by molar-refractivity contribution is -0.137. The van der Waals surface area contributed by atoms with Gasteiger partial charge in [-0.3, -0.25) is 9.35 Å². The maximum absolute atomic E-state index is 13.5. The van der Waals surface area contributed by atoms with E-state index in [1.165, 1.54) is 6.07 Å². The zero-order valence-corrected chi connectivity index (χ0v) is 19.1. The molecule has 1 saturated heterocycles. The van der Waals surface area contributed by atoms with E-state index >= 15 is 0 Å². The highest BCUT2D eigenvalue weighted by molar-refractivity contribution is 7.81. The molecule has 200 valence electrons. The Bertz CT molecular complexity index is 1500. The Labute approximate surface area is 206 Å². The van der Waals surface area contributed by atoms with E-state index in [2.05, 4.69) is 4.18 Å². The summed E-state index contributed by atoms with van der Waals surface area (Å²) in [5.74, 6) is -3.95. The molecule has 15 nitrogen and oxygen atoms in total. The van der Waals surface area contributed by atoms with Crippen LogP contribution in [-0.4, -0.2) is 86.0 Å². The fourth-order valence-electron chi connectivity index (χ4n) is 3.70. The molecule has 1 aliphatic rings. The average Bonchev–Trinajstić information content (AvgIpc) is 3.09. The number of phenolic OH excluding ortho intramolecular Hbond substituents is 3. The van der Waals surface area contributed by atoms with Crippen molar-refractivity contribution in [1.29, 1.82) is 0 Å². The number of hydrogen-bond donors (Lipinski definition) is 8. The summed E-state index contributed by atoms with van der Waals surface area (Å²) in [5.41, 5.74) is -1.75. The molecule has 2 heterocycles. The summed E-state index contributed by atoms with van der Waals surface area (Å²) in [6.45, 7) is -0.850. The number of rotatable bonds is 7. The van der Waals surface area contributed by atoms with Crippen molar-refractivity contribution < 1.29 is 66.8 Å². The molecule has 0 spiro atoms. The van der Waals surface area contributed by atoms with Crippen molar-refractivity contribution in [2.24, 2.45) is 0 Å². The fourth-order valence-corrected chi connectivity index (χ4v) is 4.06. The van der Waals surface area contributed by atoms with Gasteiger partial charge in [0.25, 0.3) is 0 Å². The van der Waals surface area contributed by atoms with E-state index in [4.69, 9.17) is 23.6 Å². The number of ether oxygens (including phenoxy) is 2. The molecule has 1 fully saturated rings. The first-order valence-corrected chi connectivity index (χ1v) is 11.7. The van der Waals surface area contributed by atoms with Crippen LogP contribution >= 0.6 is 0 Å². The predicted molar refractivity (Wildman–Crippen MR) is 119 cm³/mol. The molecule has 1 unspecified atom stereocenters. The molecular weight excluding hydrogens is 524 g/mol. The lowest BCUT2D eigenvalue weighted by atomic mass is 10.1. The first-order chi connectivity index (χ1) is 17.3. The predicted octanol–water partition coefficient (Wildman–Crippen LogP) is -1.06. The highest BCUT2D eigenvalue weighted by Gasteiger charge is 2.48. The molecule has 4 rings (SSSR count). The molecule has 8 N–H and O–H groups in total.